The lowest BCUT2D eigenvalue weighted by molar-refractivity contribution is -0.159. The summed E-state index contributed by atoms with van der Waals surface area (Å²) in [6.07, 6.45) is 4.16. The van der Waals surface area contributed by atoms with Gasteiger partial charge in [0.05, 0.1) is 6.10 Å². The van der Waals surface area contributed by atoms with Crippen molar-refractivity contribution in [1.29, 1.82) is 0 Å². The molecular weight excluding hydrogens is 232 g/mol. The van der Waals surface area contributed by atoms with Crippen LogP contribution in [0.15, 0.2) is 0 Å². The maximum Gasteiger partial charge on any atom is 0.332 e. The Balaban J connectivity index is 1.59. The predicted molar refractivity (Wildman–Crippen MR) is 68.5 cm³/mol. The highest BCUT2D eigenvalue weighted by atomic mass is 16.6. The monoisotopic (exact) mass is 256 g/mol. The maximum atomic E-state index is 11.7. The highest BCUT2D eigenvalue weighted by Crippen LogP contribution is 2.13. The molecule has 0 bridgehead atoms. The second-order valence-corrected chi connectivity index (χ2v) is 5.25. The van der Waals surface area contributed by atoms with Gasteiger partial charge in [0.25, 0.3) is 0 Å². The summed E-state index contributed by atoms with van der Waals surface area (Å²) in [6.45, 7) is 4.08. The Bertz CT molecular complexity index is 259. The Morgan fingerprint density at radius 2 is 1.83 bits per heavy atom. The predicted octanol–water partition coefficient (Wildman–Crippen LogP) is 0.392. The van der Waals surface area contributed by atoms with Crippen molar-refractivity contribution < 1.29 is 14.3 Å². The molecule has 0 aromatic carbocycles. The molecule has 0 spiro atoms. The first-order valence-corrected chi connectivity index (χ1v) is 6.94. The van der Waals surface area contributed by atoms with Gasteiger partial charge in [0.1, 0.15) is 12.7 Å². The number of nitrogens with zero attached hydrogens (tertiary/aromatic N) is 1. The fourth-order valence-electron chi connectivity index (χ4n) is 2.47. The zero-order valence-corrected chi connectivity index (χ0v) is 11.2. The minimum atomic E-state index is -0.205. The smallest absolute Gasteiger partial charge is 0.332 e. The Morgan fingerprint density at radius 3 is 2.50 bits per heavy atom. The zero-order valence-electron chi connectivity index (χ0n) is 11.2. The SMILES string of the molecule is CN1CCC(OC(=O)COC2CCNCC2)CC1. The molecule has 2 saturated heterocycles. The van der Waals surface area contributed by atoms with E-state index in [0.717, 1.165) is 51.9 Å². The summed E-state index contributed by atoms with van der Waals surface area (Å²) in [5, 5.41) is 3.27. The van der Waals surface area contributed by atoms with E-state index in [0.29, 0.717) is 0 Å². The third-order valence-electron chi connectivity index (χ3n) is 3.69. The Kier molecular flexibility index (Phi) is 5.41. The first-order chi connectivity index (χ1) is 8.74. The number of piperidine rings is 2. The zero-order chi connectivity index (χ0) is 12.8. The molecule has 0 atom stereocenters. The number of nitrogens with one attached hydrogen (secondary N) is 1. The Morgan fingerprint density at radius 1 is 1.17 bits per heavy atom. The molecule has 0 aromatic rings. The molecule has 0 saturated carbocycles. The lowest BCUT2D eigenvalue weighted by atomic mass is 10.1. The molecule has 2 fully saturated rings. The van der Waals surface area contributed by atoms with Crippen LogP contribution < -0.4 is 5.32 Å². The van der Waals surface area contributed by atoms with Crippen LogP contribution in [0.3, 0.4) is 0 Å². The highest BCUT2D eigenvalue weighted by molar-refractivity contribution is 5.70. The molecule has 2 aliphatic heterocycles. The fraction of sp³-hybridized carbons (Fsp3) is 0.923. The van der Waals surface area contributed by atoms with Crippen molar-refractivity contribution in [3.63, 3.8) is 0 Å². The van der Waals surface area contributed by atoms with Crippen molar-refractivity contribution in [2.45, 2.75) is 37.9 Å². The number of hydrogen-bond donors (Lipinski definition) is 1. The van der Waals surface area contributed by atoms with E-state index in [1.54, 1.807) is 0 Å². The minimum absolute atomic E-state index is 0.0883. The maximum absolute atomic E-state index is 11.7. The largest absolute Gasteiger partial charge is 0.461 e. The number of esters is 1. The molecule has 2 aliphatic rings. The molecular formula is C13H24N2O3. The van der Waals surface area contributed by atoms with Crippen molar-refractivity contribution in [1.82, 2.24) is 10.2 Å². The molecule has 18 heavy (non-hydrogen) atoms. The van der Waals surface area contributed by atoms with Crippen LogP contribution in [0, 0.1) is 0 Å². The molecule has 0 unspecified atom stereocenters. The molecule has 0 radical (unpaired) electrons. The van der Waals surface area contributed by atoms with Gasteiger partial charge in [-0.3, -0.25) is 0 Å². The van der Waals surface area contributed by atoms with E-state index >= 15 is 0 Å². The van der Waals surface area contributed by atoms with E-state index in [1.807, 2.05) is 0 Å². The first-order valence-electron chi connectivity index (χ1n) is 6.94. The summed E-state index contributed by atoms with van der Waals surface area (Å²) < 4.78 is 11.0. The Labute approximate surface area is 109 Å². The van der Waals surface area contributed by atoms with E-state index < -0.39 is 0 Å². The normalized spacial score (nSPS) is 24.1. The lowest BCUT2D eigenvalue weighted by Gasteiger charge is -2.29. The third-order valence-corrected chi connectivity index (χ3v) is 3.69. The van der Waals surface area contributed by atoms with E-state index in [4.69, 9.17) is 9.47 Å². The van der Waals surface area contributed by atoms with E-state index in [9.17, 15) is 4.79 Å². The van der Waals surface area contributed by atoms with Crippen molar-refractivity contribution in [3.8, 4) is 0 Å². The standard InChI is InChI=1S/C13H24N2O3/c1-15-8-4-12(5-9-15)18-13(16)10-17-11-2-6-14-7-3-11/h11-12,14H,2-10H2,1H3. The van der Waals surface area contributed by atoms with Crippen LogP contribution >= 0.6 is 0 Å². The molecule has 0 aliphatic carbocycles. The van der Waals surface area contributed by atoms with Crippen molar-refractivity contribution in [2.24, 2.45) is 0 Å². The summed E-state index contributed by atoms with van der Waals surface area (Å²) in [6, 6.07) is 0. The van der Waals surface area contributed by atoms with Crippen molar-refractivity contribution in [3.05, 3.63) is 0 Å². The summed E-state index contributed by atoms with van der Waals surface area (Å²) >= 11 is 0. The number of hydrogen-bond acceptors (Lipinski definition) is 5. The van der Waals surface area contributed by atoms with Gasteiger partial charge >= 0.3 is 5.97 Å². The van der Waals surface area contributed by atoms with E-state index in [1.165, 1.54) is 0 Å². The number of carbonyl (C=O) groups excluding carboxylic acids is 1. The van der Waals surface area contributed by atoms with E-state index in [-0.39, 0.29) is 24.8 Å². The second kappa shape index (κ2) is 7.07. The van der Waals surface area contributed by atoms with Crippen molar-refractivity contribution >= 4 is 5.97 Å². The van der Waals surface area contributed by atoms with Gasteiger partial charge < -0.3 is 19.7 Å². The van der Waals surface area contributed by atoms with Gasteiger partial charge in [-0.2, -0.15) is 0 Å². The number of ether oxygens (including phenoxy) is 2. The van der Waals surface area contributed by atoms with Crippen LogP contribution in [0.1, 0.15) is 25.7 Å². The molecule has 5 heteroatoms. The molecule has 104 valence electrons. The highest BCUT2D eigenvalue weighted by Gasteiger charge is 2.21. The van der Waals surface area contributed by atoms with Crippen LogP contribution in [-0.4, -0.2) is 62.9 Å². The second-order valence-electron chi connectivity index (χ2n) is 5.25. The van der Waals surface area contributed by atoms with Crippen LogP contribution in [-0.2, 0) is 14.3 Å². The van der Waals surface area contributed by atoms with Crippen molar-refractivity contribution in [2.75, 3.05) is 39.8 Å². The average molecular weight is 256 g/mol. The van der Waals surface area contributed by atoms with Gasteiger partial charge in [0, 0.05) is 13.1 Å². The summed E-state index contributed by atoms with van der Waals surface area (Å²) in [7, 11) is 2.10. The van der Waals surface area contributed by atoms with Gasteiger partial charge in [-0.1, -0.05) is 0 Å². The molecule has 1 N–H and O–H groups in total. The Hall–Kier alpha value is -0.650. The van der Waals surface area contributed by atoms with E-state index in [2.05, 4.69) is 17.3 Å². The van der Waals surface area contributed by atoms with Gasteiger partial charge in [-0.05, 0) is 45.8 Å². The summed E-state index contributed by atoms with van der Waals surface area (Å²) in [5.41, 5.74) is 0. The van der Waals surface area contributed by atoms with Gasteiger partial charge in [-0.15, -0.1) is 0 Å². The van der Waals surface area contributed by atoms with Gasteiger partial charge in [0.15, 0.2) is 0 Å². The number of likely N-dealkylation sites (tertiary alicyclic amines) is 1. The summed E-state index contributed by atoms with van der Waals surface area (Å²) in [4.78, 5) is 13.9. The minimum Gasteiger partial charge on any atom is -0.461 e. The fourth-order valence-corrected chi connectivity index (χ4v) is 2.47. The number of rotatable bonds is 4. The van der Waals surface area contributed by atoms with Crippen LogP contribution in [0.4, 0.5) is 0 Å². The average Bonchev–Trinajstić information content (AvgIpc) is 2.40. The topological polar surface area (TPSA) is 50.8 Å². The van der Waals surface area contributed by atoms with Gasteiger partial charge in [-0.25, -0.2) is 4.79 Å². The third kappa shape index (κ3) is 4.55. The molecule has 2 heterocycles. The number of carbonyl (C=O) groups is 1. The summed E-state index contributed by atoms with van der Waals surface area (Å²) in [5.74, 6) is -0.205. The van der Waals surface area contributed by atoms with Crippen LogP contribution in [0.2, 0.25) is 0 Å². The molecule has 0 aromatic heterocycles. The molecule has 2 rings (SSSR count). The lowest BCUT2D eigenvalue weighted by Crippen LogP contribution is -2.37. The quantitative estimate of drug-likeness (QED) is 0.738. The van der Waals surface area contributed by atoms with Gasteiger partial charge in [0.2, 0.25) is 0 Å². The molecule has 0 amide bonds. The molecule has 5 nitrogen and oxygen atoms in total. The first kappa shape index (κ1) is 13.8. The van der Waals surface area contributed by atoms with Crippen LogP contribution in [0.5, 0.6) is 0 Å². The van der Waals surface area contributed by atoms with Crippen LogP contribution in [0.25, 0.3) is 0 Å².